The van der Waals surface area contributed by atoms with Crippen molar-refractivity contribution in [1.29, 1.82) is 0 Å². The van der Waals surface area contributed by atoms with Crippen LogP contribution in [-0.2, 0) is 4.79 Å². The standard InChI is InChI=1S/C11H22N4OS/c1-3-14(4-2)10(16)9-5-7-15(8-6-9)11(17)13-12/h9H,3-8,12H2,1-2H3,(H,13,17). The van der Waals surface area contributed by atoms with E-state index in [9.17, 15) is 4.79 Å². The third-order valence-electron chi connectivity index (χ3n) is 3.33. The third kappa shape index (κ3) is 3.54. The SMILES string of the molecule is CCN(CC)C(=O)C1CCN(C(=S)NN)CC1. The minimum absolute atomic E-state index is 0.145. The van der Waals surface area contributed by atoms with Crippen LogP contribution in [0.3, 0.4) is 0 Å². The maximum Gasteiger partial charge on any atom is 0.225 e. The van der Waals surface area contributed by atoms with E-state index in [0.29, 0.717) is 5.11 Å². The monoisotopic (exact) mass is 258 g/mol. The summed E-state index contributed by atoms with van der Waals surface area (Å²) in [6.07, 6.45) is 1.72. The molecule has 0 spiro atoms. The van der Waals surface area contributed by atoms with Gasteiger partial charge in [-0.3, -0.25) is 4.79 Å². The highest BCUT2D eigenvalue weighted by Crippen LogP contribution is 2.19. The maximum absolute atomic E-state index is 12.1. The number of nitrogens with zero attached hydrogens (tertiary/aromatic N) is 2. The Labute approximate surface area is 108 Å². The van der Waals surface area contributed by atoms with Gasteiger partial charge in [-0.25, -0.2) is 5.84 Å². The first-order valence-electron chi connectivity index (χ1n) is 6.18. The number of nitrogens with two attached hydrogens (primary N) is 1. The molecule has 1 heterocycles. The number of nitrogens with one attached hydrogen (secondary N) is 1. The van der Waals surface area contributed by atoms with E-state index in [2.05, 4.69) is 5.43 Å². The lowest BCUT2D eigenvalue weighted by molar-refractivity contribution is -0.136. The van der Waals surface area contributed by atoms with E-state index in [1.807, 2.05) is 23.6 Å². The number of rotatable bonds is 3. The highest BCUT2D eigenvalue weighted by Gasteiger charge is 2.28. The highest BCUT2D eigenvalue weighted by molar-refractivity contribution is 7.80. The minimum atomic E-state index is 0.145. The first kappa shape index (κ1) is 14.2. The second-order valence-corrected chi connectivity index (χ2v) is 4.61. The molecule has 5 nitrogen and oxygen atoms in total. The molecule has 17 heavy (non-hydrogen) atoms. The Morgan fingerprint density at radius 2 is 1.94 bits per heavy atom. The van der Waals surface area contributed by atoms with Gasteiger partial charge in [0.2, 0.25) is 5.91 Å². The molecule has 0 aromatic rings. The first-order valence-corrected chi connectivity index (χ1v) is 6.59. The predicted octanol–water partition coefficient (Wildman–Crippen LogP) is 0.315. The van der Waals surface area contributed by atoms with Crippen molar-refractivity contribution in [2.75, 3.05) is 26.2 Å². The topological polar surface area (TPSA) is 61.6 Å². The number of hydrogen-bond acceptors (Lipinski definition) is 3. The van der Waals surface area contributed by atoms with Crippen LogP contribution in [0.15, 0.2) is 0 Å². The zero-order valence-electron chi connectivity index (χ0n) is 10.6. The Morgan fingerprint density at radius 3 is 2.35 bits per heavy atom. The summed E-state index contributed by atoms with van der Waals surface area (Å²) in [7, 11) is 0. The molecule has 0 unspecified atom stereocenters. The van der Waals surface area contributed by atoms with Crippen molar-refractivity contribution in [3.8, 4) is 0 Å². The number of hydrogen-bond donors (Lipinski definition) is 2. The molecule has 0 aromatic carbocycles. The van der Waals surface area contributed by atoms with E-state index >= 15 is 0 Å². The lowest BCUT2D eigenvalue weighted by Gasteiger charge is -2.34. The number of amides is 1. The second-order valence-electron chi connectivity index (χ2n) is 4.22. The molecule has 0 radical (unpaired) electrons. The molecule has 1 amide bonds. The van der Waals surface area contributed by atoms with E-state index in [0.717, 1.165) is 39.0 Å². The molecule has 0 aromatic heterocycles. The van der Waals surface area contributed by atoms with Crippen LogP contribution in [0.2, 0.25) is 0 Å². The summed E-state index contributed by atoms with van der Waals surface area (Å²) in [6, 6.07) is 0. The number of piperidine rings is 1. The summed E-state index contributed by atoms with van der Waals surface area (Å²) < 4.78 is 0. The summed E-state index contributed by atoms with van der Waals surface area (Å²) in [6.45, 7) is 7.23. The quantitative estimate of drug-likeness (QED) is 0.433. The molecule has 98 valence electrons. The van der Waals surface area contributed by atoms with E-state index in [4.69, 9.17) is 18.1 Å². The summed E-state index contributed by atoms with van der Waals surface area (Å²) in [5, 5.41) is 0.568. The van der Waals surface area contributed by atoms with Gasteiger partial charge in [0.15, 0.2) is 5.11 Å². The number of thiocarbonyl (C=S) groups is 1. The first-order chi connectivity index (χ1) is 8.13. The van der Waals surface area contributed by atoms with Crippen molar-refractivity contribution in [1.82, 2.24) is 15.2 Å². The molecular formula is C11H22N4OS. The molecule has 0 bridgehead atoms. The van der Waals surface area contributed by atoms with Gasteiger partial charge in [-0.2, -0.15) is 0 Å². The molecule has 1 aliphatic heterocycles. The molecule has 0 atom stereocenters. The van der Waals surface area contributed by atoms with Crippen LogP contribution >= 0.6 is 12.2 Å². The van der Waals surface area contributed by atoms with Gasteiger partial charge in [0.25, 0.3) is 0 Å². The minimum Gasteiger partial charge on any atom is -0.348 e. The Balaban J connectivity index is 2.46. The number of carbonyl (C=O) groups is 1. The van der Waals surface area contributed by atoms with Crippen molar-refractivity contribution in [3.05, 3.63) is 0 Å². The molecule has 1 fully saturated rings. The summed E-state index contributed by atoms with van der Waals surface area (Å²) >= 11 is 5.07. The average Bonchev–Trinajstić information content (AvgIpc) is 2.39. The van der Waals surface area contributed by atoms with Crippen LogP contribution in [0.25, 0.3) is 0 Å². The Morgan fingerprint density at radius 1 is 1.41 bits per heavy atom. The van der Waals surface area contributed by atoms with Gasteiger partial charge >= 0.3 is 0 Å². The Bertz CT molecular complexity index is 273. The molecule has 0 saturated carbocycles. The van der Waals surface area contributed by atoms with E-state index in [1.54, 1.807) is 0 Å². The van der Waals surface area contributed by atoms with Crippen molar-refractivity contribution < 1.29 is 4.79 Å². The van der Waals surface area contributed by atoms with Crippen LogP contribution in [0.5, 0.6) is 0 Å². The largest absolute Gasteiger partial charge is 0.348 e. The van der Waals surface area contributed by atoms with Gasteiger partial charge in [-0.15, -0.1) is 0 Å². The summed E-state index contributed by atoms with van der Waals surface area (Å²) in [5.74, 6) is 5.70. The van der Waals surface area contributed by atoms with Crippen LogP contribution in [0, 0.1) is 5.92 Å². The fraction of sp³-hybridized carbons (Fsp3) is 0.818. The van der Waals surface area contributed by atoms with Crippen LogP contribution < -0.4 is 11.3 Å². The van der Waals surface area contributed by atoms with Crippen molar-refractivity contribution in [2.45, 2.75) is 26.7 Å². The Hall–Kier alpha value is -0.880. The Kier molecular flexibility index (Phi) is 5.64. The fourth-order valence-electron chi connectivity index (χ4n) is 2.21. The van der Waals surface area contributed by atoms with Crippen LogP contribution in [0.4, 0.5) is 0 Å². The highest BCUT2D eigenvalue weighted by atomic mass is 32.1. The second kappa shape index (κ2) is 6.76. The number of hydrazine groups is 1. The third-order valence-corrected chi connectivity index (χ3v) is 3.71. The smallest absolute Gasteiger partial charge is 0.225 e. The number of likely N-dealkylation sites (tertiary alicyclic amines) is 1. The predicted molar refractivity (Wildman–Crippen MR) is 72.1 cm³/mol. The molecule has 1 rings (SSSR count). The van der Waals surface area contributed by atoms with Gasteiger partial charge in [0.05, 0.1) is 0 Å². The van der Waals surface area contributed by atoms with E-state index < -0.39 is 0 Å². The summed E-state index contributed by atoms with van der Waals surface area (Å²) in [5.41, 5.74) is 2.49. The van der Waals surface area contributed by atoms with E-state index in [1.165, 1.54) is 0 Å². The van der Waals surface area contributed by atoms with Crippen molar-refractivity contribution in [2.24, 2.45) is 11.8 Å². The van der Waals surface area contributed by atoms with Crippen LogP contribution in [0.1, 0.15) is 26.7 Å². The van der Waals surface area contributed by atoms with Gasteiger partial charge in [-0.1, -0.05) is 0 Å². The zero-order chi connectivity index (χ0) is 12.8. The zero-order valence-corrected chi connectivity index (χ0v) is 11.4. The van der Waals surface area contributed by atoms with Crippen LogP contribution in [-0.4, -0.2) is 47.0 Å². The average molecular weight is 258 g/mol. The molecule has 1 aliphatic rings. The lowest BCUT2D eigenvalue weighted by Crippen LogP contribution is -2.49. The van der Waals surface area contributed by atoms with Gasteiger partial charge < -0.3 is 15.2 Å². The van der Waals surface area contributed by atoms with Gasteiger partial charge in [-0.05, 0) is 38.9 Å². The maximum atomic E-state index is 12.1. The van der Waals surface area contributed by atoms with Crippen molar-refractivity contribution in [3.63, 3.8) is 0 Å². The van der Waals surface area contributed by atoms with E-state index in [-0.39, 0.29) is 11.8 Å². The van der Waals surface area contributed by atoms with Gasteiger partial charge in [0.1, 0.15) is 0 Å². The molecule has 3 N–H and O–H groups in total. The lowest BCUT2D eigenvalue weighted by atomic mass is 9.95. The normalized spacial score (nSPS) is 16.8. The summed E-state index contributed by atoms with van der Waals surface area (Å²) in [4.78, 5) is 16.1. The number of carbonyl (C=O) groups excluding carboxylic acids is 1. The molecule has 0 aliphatic carbocycles. The molecule has 1 saturated heterocycles. The fourth-order valence-corrected chi connectivity index (χ4v) is 2.40. The molecular weight excluding hydrogens is 236 g/mol. The molecule has 6 heteroatoms. The van der Waals surface area contributed by atoms with Crippen molar-refractivity contribution >= 4 is 23.2 Å². The van der Waals surface area contributed by atoms with Gasteiger partial charge in [0, 0.05) is 32.1 Å².